The number of likely N-dealkylation sites (N-methyl/N-ethyl adjacent to an activating group) is 2. The summed E-state index contributed by atoms with van der Waals surface area (Å²) in [5, 5.41) is 9.81. The summed E-state index contributed by atoms with van der Waals surface area (Å²) in [4.78, 5) is 64.5. The maximum Gasteiger partial charge on any atom is 0.332 e. The van der Waals surface area contributed by atoms with Gasteiger partial charge in [-0.1, -0.05) is 78.1 Å². The molecule has 2 aromatic heterocycles. The minimum absolute atomic E-state index is 0. The Labute approximate surface area is 334 Å². The highest BCUT2D eigenvalue weighted by Crippen LogP contribution is 2.37. The molecule has 2 unspecified atom stereocenters. The van der Waals surface area contributed by atoms with Crippen LogP contribution in [0.4, 0.5) is 21.0 Å². The van der Waals surface area contributed by atoms with Gasteiger partial charge in [-0.15, -0.1) is 0 Å². The second-order valence-corrected chi connectivity index (χ2v) is 14.8. The van der Waals surface area contributed by atoms with E-state index in [-0.39, 0.29) is 57.4 Å². The van der Waals surface area contributed by atoms with E-state index in [4.69, 9.17) is 51.1 Å². The lowest BCUT2D eigenvalue weighted by molar-refractivity contribution is -0.124. The second kappa shape index (κ2) is 16.4. The molecule has 286 valence electrons. The molecule has 12 nitrogen and oxygen atoms in total. The van der Waals surface area contributed by atoms with Crippen LogP contribution in [0.1, 0.15) is 46.2 Å². The maximum absolute atomic E-state index is 13.2. The zero-order valence-corrected chi connectivity index (χ0v) is 32.6. The third-order valence-electron chi connectivity index (χ3n) is 9.10. The largest absolute Gasteiger partial charge is 0.508 e. The molecule has 2 aromatic carbocycles. The molecule has 6 rings (SSSR count). The number of halogens is 4. The fourth-order valence-electron chi connectivity index (χ4n) is 6.04. The molecule has 0 radical (unpaired) electrons. The molecule has 0 spiro atoms. The van der Waals surface area contributed by atoms with Crippen LogP contribution in [0, 0.1) is 0 Å². The Hall–Kier alpha value is -4.62. The molecule has 0 bridgehead atoms. The Balaban J connectivity index is 0.000000238. The van der Waals surface area contributed by atoms with Crippen molar-refractivity contribution in [3.63, 3.8) is 0 Å². The molecule has 2 aliphatic heterocycles. The number of carbonyl (C=O) groups excluding carboxylic acids is 4. The molecule has 2 atom stereocenters. The van der Waals surface area contributed by atoms with Crippen LogP contribution in [0.15, 0.2) is 72.8 Å². The Morgan fingerprint density at radius 1 is 0.648 bits per heavy atom. The van der Waals surface area contributed by atoms with E-state index in [2.05, 4.69) is 9.97 Å². The second-order valence-electron chi connectivity index (χ2n) is 13.3. The van der Waals surface area contributed by atoms with Gasteiger partial charge < -0.3 is 19.6 Å². The van der Waals surface area contributed by atoms with Crippen molar-refractivity contribution in [2.45, 2.75) is 65.1 Å². The predicted molar refractivity (Wildman–Crippen MR) is 211 cm³/mol. The van der Waals surface area contributed by atoms with Crippen LogP contribution in [-0.4, -0.2) is 80.0 Å². The summed E-state index contributed by atoms with van der Waals surface area (Å²) in [6, 6.07) is 18.9. The number of ether oxygens (including phenoxy) is 1. The molecule has 0 aliphatic carbocycles. The highest BCUT2D eigenvalue weighted by atomic mass is 35.5. The van der Waals surface area contributed by atoms with Crippen LogP contribution in [0.3, 0.4) is 0 Å². The monoisotopic (exact) mass is 816 g/mol. The van der Waals surface area contributed by atoms with E-state index in [1.54, 1.807) is 52.2 Å². The summed E-state index contributed by atoms with van der Waals surface area (Å²) in [5.41, 5.74) is 0.202. The van der Waals surface area contributed by atoms with E-state index in [1.807, 2.05) is 38.1 Å². The third-order valence-corrected chi connectivity index (χ3v) is 9.88. The van der Waals surface area contributed by atoms with Crippen LogP contribution in [-0.2, 0) is 22.4 Å². The highest BCUT2D eigenvalue weighted by molar-refractivity contribution is 6.34. The van der Waals surface area contributed by atoms with Gasteiger partial charge in [0.05, 0.1) is 17.5 Å². The van der Waals surface area contributed by atoms with Gasteiger partial charge in [0, 0.05) is 26.9 Å². The minimum atomic E-state index is -1.07. The van der Waals surface area contributed by atoms with Crippen LogP contribution >= 0.6 is 46.4 Å². The number of hydrogen-bond donors (Lipinski definition) is 1. The number of nitrogens with zero attached hydrogens (tertiary/aromatic N) is 6. The minimum Gasteiger partial charge on any atom is -0.508 e. The number of phenolic OH excluding ortho intramolecular Hbond substituents is 1. The molecular formula is C38H40Cl4N6O6. The van der Waals surface area contributed by atoms with Crippen molar-refractivity contribution >= 4 is 81.7 Å². The van der Waals surface area contributed by atoms with Crippen LogP contribution < -0.4 is 14.5 Å². The Bertz CT molecular complexity index is 2030. The van der Waals surface area contributed by atoms with Crippen molar-refractivity contribution in [2.24, 2.45) is 0 Å². The SMILES string of the molecule is C.CC(C)Oc1ccc(CC2(C)C(=O)N(c3cc(Cl)nc(Cl)c3)C(=O)N2C)cc1.CN1C(=O)N(c2cc(Cl)nc(Cl)c2)C(=O)C1(C)Cc1ccc(O)cc1. The van der Waals surface area contributed by atoms with Gasteiger partial charge in [0.15, 0.2) is 0 Å². The first-order chi connectivity index (χ1) is 24.8. The molecule has 16 heteroatoms. The third kappa shape index (κ3) is 8.52. The van der Waals surface area contributed by atoms with Gasteiger partial charge in [-0.2, -0.15) is 0 Å². The summed E-state index contributed by atoms with van der Waals surface area (Å²) in [7, 11) is 3.19. The van der Waals surface area contributed by atoms with E-state index >= 15 is 0 Å². The van der Waals surface area contributed by atoms with Gasteiger partial charge in [0.25, 0.3) is 11.8 Å². The fraction of sp³-hybridized carbons (Fsp3) is 0.316. The molecule has 0 saturated carbocycles. The van der Waals surface area contributed by atoms with Gasteiger partial charge >= 0.3 is 12.1 Å². The average Bonchev–Trinajstić information content (AvgIpc) is 3.35. The summed E-state index contributed by atoms with van der Waals surface area (Å²) >= 11 is 23.7. The normalized spacial score (nSPS) is 19.7. The predicted octanol–water partition coefficient (Wildman–Crippen LogP) is 8.71. The van der Waals surface area contributed by atoms with Crippen molar-refractivity contribution in [3.05, 3.63) is 105 Å². The van der Waals surface area contributed by atoms with E-state index < -0.39 is 23.1 Å². The molecule has 4 aromatic rings. The van der Waals surface area contributed by atoms with E-state index in [0.717, 1.165) is 26.7 Å². The highest BCUT2D eigenvalue weighted by Gasteiger charge is 2.54. The van der Waals surface area contributed by atoms with Crippen LogP contribution in [0.5, 0.6) is 11.5 Å². The van der Waals surface area contributed by atoms with Gasteiger partial charge in [-0.05, 0) is 87.4 Å². The lowest BCUT2D eigenvalue weighted by atomic mass is 9.91. The van der Waals surface area contributed by atoms with Crippen molar-refractivity contribution in [2.75, 3.05) is 23.9 Å². The standard InChI is InChI=1S/C20H21Cl2N3O3.C17H15Cl2N3O3.CH4/c1-12(2)28-15-7-5-13(6-8-15)11-20(3)18(26)25(19(27)24(20)4)14-9-16(21)23-17(22)10-14;1-17(9-10-3-5-12(23)6-4-10)15(24)22(16(25)21(17)2)11-7-13(18)20-14(19)8-11;/h5-10,12H,11H2,1-4H3;3-8,23H,9H2,1-2H3;1H4. The Kier molecular flexibility index (Phi) is 12.8. The summed E-state index contributed by atoms with van der Waals surface area (Å²) in [6.07, 6.45) is 0.743. The molecule has 2 saturated heterocycles. The number of imide groups is 2. The first kappa shape index (κ1) is 42.1. The van der Waals surface area contributed by atoms with Crippen molar-refractivity contribution in [1.29, 1.82) is 0 Å². The number of benzene rings is 2. The van der Waals surface area contributed by atoms with Gasteiger partial charge in [-0.25, -0.2) is 29.4 Å². The number of amides is 6. The number of phenols is 1. The van der Waals surface area contributed by atoms with Crippen molar-refractivity contribution < 1.29 is 29.0 Å². The van der Waals surface area contributed by atoms with Crippen LogP contribution in [0.25, 0.3) is 0 Å². The lowest BCUT2D eigenvalue weighted by Gasteiger charge is -2.28. The number of urea groups is 2. The summed E-state index contributed by atoms with van der Waals surface area (Å²) < 4.78 is 5.65. The van der Waals surface area contributed by atoms with Crippen molar-refractivity contribution in [1.82, 2.24) is 19.8 Å². The quantitative estimate of drug-likeness (QED) is 0.138. The smallest absolute Gasteiger partial charge is 0.332 e. The Morgan fingerprint density at radius 3 is 1.31 bits per heavy atom. The number of rotatable bonds is 8. The van der Waals surface area contributed by atoms with Gasteiger partial charge in [0.1, 0.15) is 43.2 Å². The fourth-order valence-corrected chi connectivity index (χ4v) is 6.94. The lowest BCUT2D eigenvalue weighted by Crippen LogP contribution is -2.47. The Morgan fingerprint density at radius 2 is 0.981 bits per heavy atom. The number of carbonyl (C=O) groups is 4. The number of aromatic nitrogens is 2. The molecule has 4 heterocycles. The van der Waals surface area contributed by atoms with Gasteiger partial charge in [0.2, 0.25) is 0 Å². The van der Waals surface area contributed by atoms with Crippen molar-refractivity contribution in [3.8, 4) is 11.5 Å². The van der Waals surface area contributed by atoms with E-state index in [9.17, 15) is 24.3 Å². The molecular weight excluding hydrogens is 778 g/mol. The van der Waals surface area contributed by atoms with Crippen LogP contribution in [0.2, 0.25) is 20.6 Å². The van der Waals surface area contributed by atoms with E-state index in [1.165, 1.54) is 34.1 Å². The molecule has 54 heavy (non-hydrogen) atoms. The number of pyridine rings is 2. The zero-order valence-electron chi connectivity index (χ0n) is 29.6. The molecule has 2 fully saturated rings. The average molecular weight is 819 g/mol. The van der Waals surface area contributed by atoms with E-state index in [0.29, 0.717) is 18.5 Å². The molecule has 1 N–H and O–H groups in total. The summed E-state index contributed by atoms with van der Waals surface area (Å²) in [5.74, 6) is 0.166. The zero-order chi connectivity index (χ0) is 39.0. The molecule has 6 amide bonds. The van der Waals surface area contributed by atoms with Gasteiger partial charge in [-0.3, -0.25) is 9.59 Å². The number of aromatic hydroxyl groups is 1. The topological polar surface area (TPSA) is 136 Å². The summed E-state index contributed by atoms with van der Waals surface area (Å²) in [6.45, 7) is 7.36. The maximum atomic E-state index is 13.2. The number of hydrogen-bond acceptors (Lipinski definition) is 8. The number of anilines is 2. The first-order valence-electron chi connectivity index (χ1n) is 16.3. The first-order valence-corrected chi connectivity index (χ1v) is 17.8. The molecule has 2 aliphatic rings.